The molecule has 1 aliphatic heterocycles. The number of amides is 2. The largest absolute Gasteiger partial charge is 0.353 e. The highest BCUT2D eigenvalue weighted by Crippen LogP contribution is 2.29. The first-order valence-corrected chi connectivity index (χ1v) is 8.53. The Balaban J connectivity index is 0.00000242. The third-order valence-corrected chi connectivity index (χ3v) is 4.57. The van der Waals surface area contributed by atoms with E-state index in [1.165, 1.54) is 0 Å². The number of likely N-dealkylation sites (tertiary alicyclic amines) is 1. The minimum absolute atomic E-state index is 0. The van der Waals surface area contributed by atoms with Crippen LogP contribution < -0.4 is 10.6 Å². The molecule has 1 saturated heterocycles. The van der Waals surface area contributed by atoms with E-state index >= 15 is 0 Å². The first kappa shape index (κ1) is 19.2. The van der Waals surface area contributed by atoms with E-state index in [1.54, 1.807) is 0 Å². The fourth-order valence-corrected chi connectivity index (χ4v) is 3.40. The fourth-order valence-electron chi connectivity index (χ4n) is 3.40. The third kappa shape index (κ3) is 5.13. The van der Waals surface area contributed by atoms with Crippen LogP contribution in [0.2, 0.25) is 0 Å². The number of rotatable bonds is 7. The molecule has 1 saturated carbocycles. The average Bonchev–Trinajstić information content (AvgIpc) is 3.17. The quantitative estimate of drug-likeness (QED) is 0.698. The van der Waals surface area contributed by atoms with Gasteiger partial charge in [-0.1, -0.05) is 19.8 Å². The maximum atomic E-state index is 12.5. The van der Waals surface area contributed by atoms with Crippen LogP contribution in [0, 0.1) is 5.92 Å². The molecule has 1 atom stereocenters. The molecule has 0 aromatic rings. The van der Waals surface area contributed by atoms with E-state index in [2.05, 4.69) is 17.6 Å². The van der Waals surface area contributed by atoms with Gasteiger partial charge in [0.1, 0.15) is 6.04 Å². The van der Waals surface area contributed by atoms with Crippen LogP contribution in [-0.4, -0.2) is 48.9 Å². The van der Waals surface area contributed by atoms with Crippen LogP contribution in [0.15, 0.2) is 0 Å². The van der Waals surface area contributed by atoms with Gasteiger partial charge in [-0.2, -0.15) is 0 Å². The van der Waals surface area contributed by atoms with Crippen LogP contribution >= 0.6 is 12.4 Å². The first-order valence-electron chi connectivity index (χ1n) is 8.53. The number of halogens is 1. The van der Waals surface area contributed by atoms with Gasteiger partial charge in [-0.05, 0) is 38.6 Å². The first-order chi connectivity index (χ1) is 10.2. The Hall–Kier alpha value is -0.810. The van der Waals surface area contributed by atoms with Crippen LogP contribution in [-0.2, 0) is 9.59 Å². The van der Waals surface area contributed by atoms with Crippen molar-refractivity contribution in [1.29, 1.82) is 0 Å². The smallest absolute Gasteiger partial charge is 0.242 e. The molecule has 1 heterocycles. The molecule has 1 unspecified atom stereocenters. The van der Waals surface area contributed by atoms with Gasteiger partial charge in [0.15, 0.2) is 0 Å². The Kier molecular flexibility index (Phi) is 8.79. The van der Waals surface area contributed by atoms with E-state index < -0.39 is 0 Å². The second-order valence-electron chi connectivity index (χ2n) is 6.21. The average molecular weight is 332 g/mol. The van der Waals surface area contributed by atoms with Gasteiger partial charge in [-0.15, -0.1) is 12.4 Å². The third-order valence-electron chi connectivity index (χ3n) is 4.57. The van der Waals surface area contributed by atoms with Crippen molar-refractivity contribution in [2.75, 3.05) is 26.2 Å². The molecule has 0 spiro atoms. The molecule has 0 bridgehead atoms. The maximum Gasteiger partial charge on any atom is 0.242 e. The van der Waals surface area contributed by atoms with Crippen molar-refractivity contribution in [1.82, 2.24) is 15.5 Å². The lowest BCUT2D eigenvalue weighted by atomic mass is 10.1. The van der Waals surface area contributed by atoms with Gasteiger partial charge in [-0.25, -0.2) is 0 Å². The predicted octanol–water partition coefficient (Wildman–Crippen LogP) is 1.71. The van der Waals surface area contributed by atoms with Crippen molar-refractivity contribution < 1.29 is 9.59 Å². The molecule has 2 fully saturated rings. The standard InChI is InChI=1S/C16H29N3O2.ClH/c1-2-9-17-10-11-18-15(20)14-8-5-12-19(14)16(21)13-6-3-4-7-13;/h13-14,17H,2-12H2,1H3,(H,18,20);1H. The molecular weight excluding hydrogens is 302 g/mol. The van der Waals surface area contributed by atoms with Gasteiger partial charge >= 0.3 is 0 Å². The van der Waals surface area contributed by atoms with E-state index in [9.17, 15) is 9.59 Å². The Morgan fingerprint density at radius 2 is 1.77 bits per heavy atom. The van der Waals surface area contributed by atoms with Crippen molar-refractivity contribution >= 4 is 24.2 Å². The van der Waals surface area contributed by atoms with Crippen LogP contribution in [0.1, 0.15) is 51.9 Å². The number of hydrogen-bond acceptors (Lipinski definition) is 3. The van der Waals surface area contributed by atoms with Crippen LogP contribution in [0.4, 0.5) is 0 Å². The van der Waals surface area contributed by atoms with Gasteiger partial charge < -0.3 is 15.5 Å². The Bertz CT molecular complexity index is 359. The summed E-state index contributed by atoms with van der Waals surface area (Å²) < 4.78 is 0. The summed E-state index contributed by atoms with van der Waals surface area (Å²) in [7, 11) is 0. The van der Waals surface area contributed by atoms with Crippen LogP contribution in [0.25, 0.3) is 0 Å². The molecule has 2 N–H and O–H groups in total. The normalized spacial score (nSPS) is 21.7. The molecule has 6 heteroatoms. The summed E-state index contributed by atoms with van der Waals surface area (Å²) in [5, 5.41) is 6.23. The summed E-state index contributed by atoms with van der Waals surface area (Å²) in [5.41, 5.74) is 0. The summed E-state index contributed by atoms with van der Waals surface area (Å²) in [6.45, 7) is 5.29. The molecule has 2 aliphatic rings. The predicted molar refractivity (Wildman–Crippen MR) is 90.1 cm³/mol. The van der Waals surface area contributed by atoms with E-state index in [0.717, 1.165) is 64.6 Å². The Morgan fingerprint density at radius 1 is 1.05 bits per heavy atom. The molecule has 1 aliphatic carbocycles. The summed E-state index contributed by atoms with van der Waals surface area (Å²) in [4.78, 5) is 26.6. The van der Waals surface area contributed by atoms with Gasteiger partial charge in [0.05, 0.1) is 0 Å². The number of carbonyl (C=O) groups excluding carboxylic acids is 2. The summed E-state index contributed by atoms with van der Waals surface area (Å²) in [6.07, 6.45) is 7.18. The lowest BCUT2D eigenvalue weighted by Crippen LogP contribution is -2.48. The van der Waals surface area contributed by atoms with Crippen LogP contribution in [0.3, 0.4) is 0 Å². The Morgan fingerprint density at radius 3 is 2.45 bits per heavy atom. The molecule has 0 radical (unpaired) electrons. The topological polar surface area (TPSA) is 61.4 Å². The highest BCUT2D eigenvalue weighted by molar-refractivity contribution is 5.89. The molecule has 22 heavy (non-hydrogen) atoms. The van der Waals surface area contributed by atoms with E-state index in [-0.39, 0.29) is 36.2 Å². The van der Waals surface area contributed by atoms with Crippen molar-refractivity contribution in [2.24, 2.45) is 5.92 Å². The van der Waals surface area contributed by atoms with Gasteiger partial charge in [0.2, 0.25) is 11.8 Å². The monoisotopic (exact) mass is 331 g/mol. The van der Waals surface area contributed by atoms with E-state index in [4.69, 9.17) is 0 Å². The molecule has 0 aromatic carbocycles. The van der Waals surface area contributed by atoms with Crippen molar-refractivity contribution in [2.45, 2.75) is 57.9 Å². The van der Waals surface area contributed by atoms with Gasteiger partial charge in [0.25, 0.3) is 0 Å². The zero-order valence-electron chi connectivity index (χ0n) is 13.6. The fraction of sp³-hybridized carbons (Fsp3) is 0.875. The molecule has 2 amide bonds. The minimum atomic E-state index is -0.232. The zero-order chi connectivity index (χ0) is 15.1. The van der Waals surface area contributed by atoms with Crippen molar-refractivity contribution in [3.05, 3.63) is 0 Å². The van der Waals surface area contributed by atoms with Gasteiger partial charge in [-0.3, -0.25) is 9.59 Å². The maximum absolute atomic E-state index is 12.5. The van der Waals surface area contributed by atoms with E-state index in [1.807, 2.05) is 4.90 Å². The van der Waals surface area contributed by atoms with Crippen molar-refractivity contribution in [3.63, 3.8) is 0 Å². The highest BCUT2D eigenvalue weighted by Gasteiger charge is 2.37. The number of nitrogens with one attached hydrogen (secondary N) is 2. The lowest BCUT2D eigenvalue weighted by molar-refractivity contribution is -0.141. The number of nitrogens with zero attached hydrogens (tertiary/aromatic N) is 1. The molecule has 2 rings (SSSR count). The zero-order valence-corrected chi connectivity index (χ0v) is 14.4. The summed E-state index contributed by atoms with van der Waals surface area (Å²) in [5.74, 6) is 0.413. The molecule has 0 aromatic heterocycles. The van der Waals surface area contributed by atoms with Crippen LogP contribution in [0.5, 0.6) is 0 Å². The van der Waals surface area contributed by atoms with E-state index in [0.29, 0.717) is 6.54 Å². The Labute approximate surface area is 140 Å². The highest BCUT2D eigenvalue weighted by atomic mass is 35.5. The SMILES string of the molecule is CCCNCCNC(=O)C1CCCN1C(=O)C1CCCC1.Cl. The summed E-state index contributed by atoms with van der Waals surface area (Å²) >= 11 is 0. The number of hydrogen-bond donors (Lipinski definition) is 2. The number of carbonyl (C=O) groups is 2. The molecule has 128 valence electrons. The molecule has 5 nitrogen and oxygen atoms in total. The van der Waals surface area contributed by atoms with Crippen molar-refractivity contribution in [3.8, 4) is 0 Å². The molecular formula is C16H30ClN3O2. The summed E-state index contributed by atoms with van der Waals surface area (Å²) in [6, 6.07) is -0.232. The second kappa shape index (κ2) is 10.1. The lowest BCUT2D eigenvalue weighted by Gasteiger charge is -2.26. The van der Waals surface area contributed by atoms with Gasteiger partial charge in [0, 0.05) is 25.6 Å². The second-order valence-corrected chi connectivity index (χ2v) is 6.21. The minimum Gasteiger partial charge on any atom is -0.353 e.